The maximum absolute atomic E-state index is 6.53. The molecule has 0 aliphatic heterocycles. The van der Waals surface area contributed by atoms with Gasteiger partial charge in [0.25, 0.3) is 0 Å². The highest BCUT2D eigenvalue weighted by Crippen LogP contribution is 2.46. The van der Waals surface area contributed by atoms with E-state index in [9.17, 15) is 0 Å². The highest BCUT2D eigenvalue weighted by Gasteiger charge is 2.27. The van der Waals surface area contributed by atoms with Crippen LogP contribution in [0.4, 0.5) is 0 Å². The lowest BCUT2D eigenvalue weighted by Gasteiger charge is -2.29. The molecular formula is C28H14B10S. The molecule has 39 heavy (non-hydrogen) atoms. The van der Waals surface area contributed by atoms with Gasteiger partial charge in [0.2, 0.25) is 0 Å². The molecule has 5 rings (SSSR count). The van der Waals surface area contributed by atoms with E-state index >= 15 is 0 Å². The summed E-state index contributed by atoms with van der Waals surface area (Å²) in [5.74, 6) is 0. The van der Waals surface area contributed by atoms with Crippen LogP contribution in [0.5, 0.6) is 0 Å². The summed E-state index contributed by atoms with van der Waals surface area (Å²) in [5.41, 5.74) is 5.48. The van der Waals surface area contributed by atoms with Crippen LogP contribution >= 0.6 is 11.3 Å². The molecule has 0 spiro atoms. The zero-order valence-electron chi connectivity index (χ0n) is 22.1. The topological polar surface area (TPSA) is 0 Å². The van der Waals surface area contributed by atoms with Gasteiger partial charge in [0, 0.05) is 20.2 Å². The summed E-state index contributed by atoms with van der Waals surface area (Å²) in [7, 11) is 63.3. The van der Waals surface area contributed by atoms with E-state index in [0.717, 1.165) is 36.9 Å². The monoisotopic (exact) mass is 492 g/mol. The van der Waals surface area contributed by atoms with Crippen molar-refractivity contribution in [2.75, 3.05) is 0 Å². The number of benzene rings is 4. The van der Waals surface area contributed by atoms with Gasteiger partial charge in [-0.2, -0.15) is 0 Å². The summed E-state index contributed by atoms with van der Waals surface area (Å²) in [6, 6.07) is 9.98. The Hall–Kier alpha value is -2.25. The molecule has 0 saturated heterocycles. The third-order valence-corrected chi connectivity index (χ3v) is 8.47. The lowest BCUT2D eigenvalue weighted by atomic mass is 9.59. The van der Waals surface area contributed by atoms with Gasteiger partial charge >= 0.3 is 0 Å². The largest absolute Gasteiger partial charge is 0.135 e. The van der Waals surface area contributed by atoms with Crippen molar-refractivity contribution in [1.29, 1.82) is 0 Å². The van der Waals surface area contributed by atoms with Crippen LogP contribution in [0.25, 0.3) is 42.4 Å². The molecular weight excluding hydrogens is 476 g/mol. The summed E-state index contributed by atoms with van der Waals surface area (Å²) in [6.07, 6.45) is 0. The third kappa shape index (κ3) is 4.18. The van der Waals surface area contributed by atoms with Crippen LogP contribution in [0.1, 0.15) is 26.3 Å². The van der Waals surface area contributed by atoms with E-state index in [1.165, 1.54) is 0 Å². The van der Waals surface area contributed by atoms with E-state index in [2.05, 4.69) is 20.8 Å². The third-order valence-electron chi connectivity index (χ3n) is 7.35. The summed E-state index contributed by atoms with van der Waals surface area (Å²) in [6.45, 7) is 6.36. The maximum Gasteiger partial charge on any atom is 0.113 e. The molecule has 4 aromatic carbocycles. The molecule has 0 saturated carbocycles. The van der Waals surface area contributed by atoms with E-state index in [1.54, 1.807) is 11.3 Å². The zero-order chi connectivity index (χ0) is 28.7. The molecule has 0 aliphatic carbocycles. The van der Waals surface area contributed by atoms with Gasteiger partial charge in [0.1, 0.15) is 78.5 Å². The second-order valence-corrected chi connectivity index (χ2v) is 11.9. The minimum atomic E-state index is -0.379. The fraction of sp³-hybridized carbons (Fsp3) is 0.143. The Morgan fingerprint density at radius 1 is 0.462 bits per heavy atom. The first kappa shape index (κ1) is 28.3. The van der Waals surface area contributed by atoms with Crippen molar-refractivity contribution in [3.8, 4) is 22.3 Å². The van der Waals surface area contributed by atoms with E-state index < -0.39 is 0 Å². The number of hydrogen-bond donors (Lipinski definition) is 0. The Balaban J connectivity index is 2.03. The Kier molecular flexibility index (Phi) is 7.03. The molecule has 162 valence electrons. The van der Waals surface area contributed by atoms with Gasteiger partial charge in [-0.25, -0.2) is 0 Å². The van der Waals surface area contributed by atoms with Gasteiger partial charge in [0.05, 0.1) is 0 Å². The Labute approximate surface area is 248 Å². The van der Waals surface area contributed by atoms with Crippen molar-refractivity contribution in [1.82, 2.24) is 0 Å². The molecule has 0 bridgehead atoms. The van der Waals surface area contributed by atoms with Crippen LogP contribution in [0.3, 0.4) is 0 Å². The first-order valence-electron chi connectivity index (χ1n) is 12.2. The number of fused-ring (bicyclic) bond motifs is 3. The van der Waals surface area contributed by atoms with Crippen LogP contribution in [0.2, 0.25) is 0 Å². The smallest absolute Gasteiger partial charge is 0.113 e. The summed E-state index contributed by atoms with van der Waals surface area (Å²) >= 11 is 1.64. The minimum absolute atomic E-state index is 0.165. The second-order valence-electron chi connectivity index (χ2n) is 10.8. The van der Waals surface area contributed by atoms with Crippen molar-refractivity contribution >= 4 is 165 Å². The normalized spacial score (nSPS) is 12.0. The van der Waals surface area contributed by atoms with E-state index in [0.29, 0.717) is 11.1 Å². The second kappa shape index (κ2) is 9.69. The van der Waals surface area contributed by atoms with Gasteiger partial charge in [-0.05, 0) is 45.4 Å². The minimum Gasteiger partial charge on any atom is -0.135 e. The van der Waals surface area contributed by atoms with Crippen molar-refractivity contribution < 1.29 is 0 Å². The van der Waals surface area contributed by atoms with Crippen LogP contribution < -0.4 is 54.6 Å². The van der Waals surface area contributed by atoms with Gasteiger partial charge < -0.3 is 0 Å². The van der Waals surface area contributed by atoms with Crippen LogP contribution in [0, 0.1) is 0 Å². The Morgan fingerprint density at radius 3 is 1.33 bits per heavy atom. The first-order valence-corrected chi connectivity index (χ1v) is 13.0. The van der Waals surface area contributed by atoms with Gasteiger partial charge in [-0.3, -0.25) is 0 Å². The number of thiophene rings is 1. The Morgan fingerprint density at radius 2 is 0.872 bits per heavy atom. The average molecular weight is 491 g/mol. The maximum atomic E-state index is 6.53. The van der Waals surface area contributed by atoms with Crippen molar-refractivity contribution in [2.24, 2.45) is 0 Å². The standard InChI is InChI=1S/C28H14B10S/c1-28(2,3)17-10(15-20(31)24(35)27(38)25(36)21(15)32)7-8-12-16(17)13-9(5-4-6-11(13)39-12)14-18(29)22(33)26(37)23(34)19(14)30/h4-8H,1-3H3. The molecule has 0 unspecified atom stereocenters. The zero-order valence-corrected chi connectivity index (χ0v) is 22.9. The van der Waals surface area contributed by atoms with E-state index in [1.807, 2.05) is 30.3 Å². The lowest BCUT2D eigenvalue weighted by molar-refractivity contribution is 0.598. The molecule has 0 fully saturated rings. The highest BCUT2D eigenvalue weighted by atomic mass is 32.1. The molecule has 0 N–H and O–H groups in total. The van der Waals surface area contributed by atoms with Crippen molar-refractivity contribution in [2.45, 2.75) is 26.2 Å². The number of rotatable bonds is 2. The molecule has 20 radical (unpaired) electrons. The van der Waals surface area contributed by atoms with Gasteiger partial charge in [-0.15, -0.1) is 44.1 Å². The molecule has 0 nitrogen and oxygen atoms in total. The van der Waals surface area contributed by atoms with Crippen molar-refractivity contribution in [3.05, 3.63) is 35.9 Å². The molecule has 0 atom stereocenters. The fourth-order valence-electron chi connectivity index (χ4n) is 5.38. The number of hydrogen-bond acceptors (Lipinski definition) is 1. The van der Waals surface area contributed by atoms with Crippen molar-refractivity contribution in [3.63, 3.8) is 0 Å². The summed E-state index contributed by atoms with van der Waals surface area (Å²) in [4.78, 5) is 0. The quantitative estimate of drug-likeness (QED) is 0.227. The summed E-state index contributed by atoms with van der Waals surface area (Å²) in [5, 5.41) is 1.94. The Bertz CT molecular complexity index is 1790. The molecule has 5 aromatic rings. The van der Waals surface area contributed by atoms with E-state index in [4.69, 9.17) is 78.5 Å². The van der Waals surface area contributed by atoms with Crippen LogP contribution in [0.15, 0.2) is 30.3 Å². The molecule has 0 aliphatic rings. The molecule has 0 amide bonds. The molecule has 11 heteroatoms. The van der Waals surface area contributed by atoms with E-state index in [-0.39, 0.29) is 60.0 Å². The van der Waals surface area contributed by atoms with Crippen LogP contribution in [-0.4, -0.2) is 78.5 Å². The van der Waals surface area contributed by atoms with Gasteiger partial charge in [0.15, 0.2) is 0 Å². The molecule has 1 heterocycles. The lowest BCUT2D eigenvalue weighted by Crippen LogP contribution is -2.55. The summed E-state index contributed by atoms with van der Waals surface area (Å²) < 4.78 is 2.07. The predicted molar refractivity (Wildman–Crippen MR) is 183 cm³/mol. The van der Waals surface area contributed by atoms with Crippen LogP contribution in [-0.2, 0) is 5.41 Å². The first-order chi connectivity index (χ1) is 18.2. The van der Waals surface area contributed by atoms with Gasteiger partial charge in [-0.1, -0.05) is 60.8 Å². The predicted octanol–water partition coefficient (Wildman–Crippen LogP) is -3.38. The fourth-order valence-corrected chi connectivity index (χ4v) is 6.52. The SMILES string of the molecule is [B]c1c([B])c([B])c(-c2ccc3sc4cccc(-c5c([B])c([B])c([B])c([B])c5[B])c4c3c2C(C)(C)C)c([B])c1[B]. The molecule has 1 aromatic heterocycles. The highest BCUT2D eigenvalue weighted by molar-refractivity contribution is 7.26. The average Bonchev–Trinajstić information content (AvgIpc) is 3.27.